The second-order valence-electron chi connectivity index (χ2n) is 3.29. The summed E-state index contributed by atoms with van der Waals surface area (Å²) in [6, 6.07) is 0. The maximum Gasteiger partial charge on any atom is 0.0909 e. The summed E-state index contributed by atoms with van der Waals surface area (Å²) in [5.74, 6) is 0. The van der Waals surface area contributed by atoms with E-state index in [1.165, 1.54) is 37.0 Å². The predicted molar refractivity (Wildman–Crippen MR) is 39.1 cm³/mol. The summed E-state index contributed by atoms with van der Waals surface area (Å²) >= 11 is 0. The van der Waals surface area contributed by atoms with Crippen molar-refractivity contribution in [2.75, 3.05) is 33.2 Å². The number of hydrogen-bond donors (Lipinski definition) is 1. The van der Waals surface area contributed by atoms with E-state index in [0.29, 0.717) is 0 Å². The van der Waals surface area contributed by atoms with Gasteiger partial charge < -0.3 is 10.2 Å². The number of likely N-dealkylation sites (N-methyl/N-ethyl adjacent to an activating group) is 1. The van der Waals surface area contributed by atoms with Crippen molar-refractivity contribution >= 4 is 0 Å². The third-order valence-electron chi connectivity index (χ3n) is 2.31. The molecule has 2 N–H and O–H groups in total. The molecule has 1 fully saturated rings. The Morgan fingerprint density at radius 1 is 1.33 bits per heavy atom. The van der Waals surface area contributed by atoms with Crippen LogP contribution in [0.5, 0.6) is 0 Å². The van der Waals surface area contributed by atoms with Gasteiger partial charge in [-0.25, -0.2) is 0 Å². The molecule has 1 heterocycles. The summed E-state index contributed by atoms with van der Waals surface area (Å²) in [5.41, 5.74) is 5.48. The largest absolute Gasteiger partial charge is 0.326 e. The van der Waals surface area contributed by atoms with E-state index >= 15 is 0 Å². The SMILES string of the molecule is C[N+]1(CCN)CCCC1. The van der Waals surface area contributed by atoms with Crippen LogP contribution in [0.3, 0.4) is 0 Å². The molecule has 0 aromatic rings. The van der Waals surface area contributed by atoms with E-state index in [0.717, 1.165) is 6.54 Å². The lowest BCUT2D eigenvalue weighted by atomic mass is 10.4. The van der Waals surface area contributed by atoms with Crippen LogP contribution in [0.2, 0.25) is 0 Å². The van der Waals surface area contributed by atoms with Crippen LogP contribution in [0, 0.1) is 0 Å². The topological polar surface area (TPSA) is 26.0 Å². The van der Waals surface area contributed by atoms with Crippen molar-refractivity contribution in [3.63, 3.8) is 0 Å². The maximum absolute atomic E-state index is 5.48. The quantitative estimate of drug-likeness (QED) is 0.529. The Bertz CT molecular complexity index is 84.9. The van der Waals surface area contributed by atoms with Gasteiger partial charge in [0.15, 0.2) is 0 Å². The Labute approximate surface area is 57.2 Å². The maximum atomic E-state index is 5.48. The Kier molecular flexibility index (Phi) is 2.09. The average Bonchev–Trinajstić information content (AvgIpc) is 2.16. The highest BCUT2D eigenvalue weighted by atomic mass is 15.3. The lowest BCUT2D eigenvalue weighted by Gasteiger charge is -2.28. The van der Waals surface area contributed by atoms with Crippen LogP contribution < -0.4 is 5.73 Å². The van der Waals surface area contributed by atoms with Crippen molar-refractivity contribution in [1.29, 1.82) is 0 Å². The summed E-state index contributed by atoms with van der Waals surface area (Å²) in [6.07, 6.45) is 2.80. The van der Waals surface area contributed by atoms with Crippen molar-refractivity contribution in [1.82, 2.24) is 0 Å². The normalized spacial score (nSPS) is 24.7. The Morgan fingerprint density at radius 3 is 2.33 bits per heavy atom. The van der Waals surface area contributed by atoms with Gasteiger partial charge in [0.2, 0.25) is 0 Å². The molecule has 0 radical (unpaired) electrons. The van der Waals surface area contributed by atoms with Gasteiger partial charge in [-0.1, -0.05) is 0 Å². The highest BCUT2D eigenvalue weighted by molar-refractivity contribution is 4.51. The molecule has 0 aliphatic carbocycles. The molecule has 9 heavy (non-hydrogen) atoms. The van der Waals surface area contributed by atoms with E-state index in [2.05, 4.69) is 7.05 Å². The Morgan fingerprint density at radius 2 is 1.89 bits per heavy atom. The molecule has 2 nitrogen and oxygen atoms in total. The van der Waals surface area contributed by atoms with E-state index in [4.69, 9.17) is 5.73 Å². The van der Waals surface area contributed by atoms with Gasteiger partial charge in [-0.2, -0.15) is 0 Å². The molecule has 54 valence electrons. The number of rotatable bonds is 2. The van der Waals surface area contributed by atoms with Crippen LogP contribution in [0.1, 0.15) is 12.8 Å². The molecule has 1 aliphatic heterocycles. The van der Waals surface area contributed by atoms with Crippen molar-refractivity contribution in [3.8, 4) is 0 Å². The zero-order valence-electron chi connectivity index (χ0n) is 6.27. The first-order chi connectivity index (χ1) is 4.27. The first kappa shape index (κ1) is 7.03. The molecule has 0 atom stereocenters. The first-order valence-electron chi connectivity index (χ1n) is 3.80. The lowest BCUT2D eigenvalue weighted by molar-refractivity contribution is -0.896. The van der Waals surface area contributed by atoms with Crippen molar-refractivity contribution in [3.05, 3.63) is 0 Å². The molecule has 0 unspecified atom stereocenters. The highest BCUT2D eigenvalue weighted by Gasteiger charge is 2.24. The van der Waals surface area contributed by atoms with E-state index < -0.39 is 0 Å². The minimum Gasteiger partial charge on any atom is -0.326 e. The summed E-state index contributed by atoms with van der Waals surface area (Å²) in [6.45, 7) is 4.70. The van der Waals surface area contributed by atoms with Gasteiger partial charge in [-0.15, -0.1) is 0 Å². The number of quaternary nitrogens is 1. The Hall–Kier alpha value is -0.0800. The fourth-order valence-electron chi connectivity index (χ4n) is 1.63. The Balaban J connectivity index is 2.32. The molecule has 2 heteroatoms. The smallest absolute Gasteiger partial charge is 0.0909 e. The molecular weight excluding hydrogens is 112 g/mol. The van der Waals surface area contributed by atoms with E-state index in [1.807, 2.05) is 0 Å². The number of nitrogens with two attached hydrogens (primary N) is 1. The van der Waals surface area contributed by atoms with Crippen LogP contribution in [0.4, 0.5) is 0 Å². The fourth-order valence-corrected chi connectivity index (χ4v) is 1.63. The molecule has 0 bridgehead atoms. The predicted octanol–water partition coefficient (Wildman–Crippen LogP) is 0.185. The molecule has 1 rings (SSSR count). The standard InChI is InChI=1S/C7H17N2/c1-9(7-4-8)5-2-3-6-9/h2-8H2,1H3/q+1. The van der Waals surface area contributed by atoms with Gasteiger partial charge in [-0.3, -0.25) is 0 Å². The van der Waals surface area contributed by atoms with Gasteiger partial charge in [0, 0.05) is 19.4 Å². The molecule has 1 aliphatic rings. The average molecular weight is 129 g/mol. The summed E-state index contributed by atoms with van der Waals surface area (Å²) in [5, 5.41) is 0. The molecule has 1 saturated heterocycles. The van der Waals surface area contributed by atoms with Crippen molar-refractivity contribution in [2.45, 2.75) is 12.8 Å². The van der Waals surface area contributed by atoms with Crippen LogP contribution in [-0.2, 0) is 0 Å². The summed E-state index contributed by atoms with van der Waals surface area (Å²) in [4.78, 5) is 0. The van der Waals surface area contributed by atoms with Gasteiger partial charge >= 0.3 is 0 Å². The first-order valence-corrected chi connectivity index (χ1v) is 3.80. The van der Waals surface area contributed by atoms with E-state index in [9.17, 15) is 0 Å². The monoisotopic (exact) mass is 129 g/mol. The van der Waals surface area contributed by atoms with Crippen molar-refractivity contribution in [2.24, 2.45) is 5.73 Å². The fraction of sp³-hybridized carbons (Fsp3) is 1.00. The van der Waals surface area contributed by atoms with Crippen LogP contribution in [0.15, 0.2) is 0 Å². The zero-order chi connectivity index (χ0) is 6.74. The van der Waals surface area contributed by atoms with Gasteiger partial charge in [0.05, 0.1) is 26.7 Å². The number of nitrogens with zero attached hydrogens (tertiary/aromatic N) is 1. The molecule has 0 aromatic carbocycles. The zero-order valence-corrected chi connectivity index (χ0v) is 6.27. The highest BCUT2D eigenvalue weighted by Crippen LogP contribution is 2.14. The number of hydrogen-bond acceptors (Lipinski definition) is 1. The molecule has 0 amide bonds. The van der Waals surface area contributed by atoms with Crippen LogP contribution >= 0.6 is 0 Å². The third kappa shape index (κ3) is 1.66. The molecule has 0 spiro atoms. The molecule has 0 saturated carbocycles. The minimum absolute atomic E-state index is 0.844. The second-order valence-corrected chi connectivity index (χ2v) is 3.29. The van der Waals surface area contributed by atoms with Crippen LogP contribution in [0.25, 0.3) is 0 Å². The third-order valence-corrected chi connectivity index (χ3v) is 2.31. The second kappa shape index (κ2) is 2.67. The van der Waals surface area contributed by atoms with Crippen LogP contribution in [-0.4, -0.2) is 37.7 Å². The van der Waals surface area contributed by atoms with E-state index in [-0.39, 0.29) is 0 Å². The van der Waals surface area contributed by atoms with Crippen molar-refractivity contribution < 1.29 is 4.48 Å². The van der Waals surface area contributed by atoms with E-state index in [1.54, 1.807) is 0 Å². The van der Waals surface area contributed by atoms with Gasteiger partial charge in [-0.05, 0) is 0 Å². The molecular formula is C7H17N2+. The lowest BCUT2D eigenvalue weighted by Crippen LogP contribution is -2.44. The number of likely N-dealkylation sites (tertiary alicyclic amines) is 1. The summed E-state index contributed by atoms with van der Waals surface area (Å²) < 4.78 is 1.22. The minimum atomic E-state index is 0.844. The molecule has 0 aromatic heterocycles. The summed E-state index contributed by atoms with van der Waals surface area (Å²) in [7, 11) is 2.31. The van der Waals surface area contributed by atoms with Gasteiger partial charge in [0.25, 0.3) is 0 Å². The van der Waals surface area contributed by atoms with Gasteiger partial charge in [0.1, 0.15) is 0 Å².